The maximum Gasteiger partial charge on any atom is 0.225 e. The molecule has 0 saturated carbocycles. The third-order valence-corrected chi connectivity index (χ3v) is 4.50. The Labute approximate surface area is 126 Å². The molecule has 0 bridgehead atoms. The smallest absolute Gasteiger partial charge is 0.225 e. The lowest BCUT2D eigenvalue weighted by Crippen LogP contribution is -2.27. The summed E-state index contributed by atoms with van der Waals surface area (Å²) in [4.78, 5) is 11.9. The van der Waals surface area contributed by atoms with Crippen LogP contribution < -0.4 is 10.1 Å². The van der Waals surface area contributed by atoms with Crippen LogP contribution >= 0.6 is 0 Å². The number of ether oxygens (including phenoxy) is 1. The first-order valence-corrected chi connectivity index (χ1v) is 8.29. The van der Waals surface area contributed by atoms with Gasteiger partial charge in [-0.15, -0.1) is 0 Å². The molecule has 0 aromatic heterocycles. The van der Waals surface area contributed by atoms with Crippen molar-refractivity contribution in [3.63, 3.8) is 0 Å². The molecule has 118 valence electrons. The van der Waals surface area contributed by atoms with Crippen LogP contribution in [0.3, 0.4) is 0 Å². The SMILES string of the molecule is CC(C)Oc1ccccc1NC(=O)CCS(=O)(=O)N(C)C. The first-order valence-electron chi connectivity index (χ1n) is 6.68. The molecule has 0 radical (unpaired) electrons. The van der Waals surface area contributed by atoms with Crippen molar-refractivity contribution in [2.45, 2.75) is 26.4 Å². The van der Waals surface area contributed by atoms with Gasteiger partial charge in [0.2, 0.25) is 15.9 Å². The molecule has 1 aromatic carbocycles. The highest BCUT2D eigenvalue weighted by molar-refractivity contribution is 7.89. The topological polar surface area (TPSA) is 75.7 Å². The molecule has 1 aromatic rings. The molecule has 1 rings (SSSR count). The highest BCUT2D eigenvalue weighted by Gasteiger charge is 2.16. The molecule has 21 heavy (non-hydrogen) atoms. The summed E-state index contributed by atoms with van der Waals surface area (Å²) < 4.78 is 29.9. The Bertz CT molecular complexity index is 582. The van der Waals surface area contributed by atoms with E-state index in [-0.39, 0.29) is 24.2 Å². The number of carbonyl (C=O) groups excluding carboxylic acids is 1. The summed E-state index contributed by atoms with van der Waals surface area (Å²) >= 11 is 0. The molecule has 0 heterocycles. The number of hydrogen-bond acceptors (Lipinski definition) is 4. The maximum absolute atomic E-state index is 11.9. The van der Waals surface area contributed by atoms with Gasteiger partial charge in [0.15, 0.2) is 0 Å². The Kier molecular flexibility index (Phi) is 6.17. The van der Waals surface area contributed by atoms with Crippen molar-refractivity contribution in [3.05, 3.63) is 24.3 Å². The van der Waals surface area contributed by atoms with E-state index in [1.54, 1.807) is 18.2 Å². The van der Waals surface area contributed by atoms with Gasteiger partial charge in [-0.3, -0.25) is 4.79 Å². The van der Waals surface area contributed by atoms with Gasteiger partial charge in [-0.2, -0.15) is 0 Å². The van der Waals surface area contributed by atoms with Crippen molar-refractivity contribution in [1.29, 1.82) is 0 Å². The van der Waals surface area contributed by atoms with E-state index in [9.17, 15) is 13.2 Å². The lowest BCUT2D eigenvalue weighted by molar-refractivity contribution is -0.115. The number of nitrogens with zero attached hydrogens (tertiary/aromatic N) is 1. The van der Waals surface area contributed by atoms with Gasteiger partial charge in [-0.25, -0.2) is 12.7 Å². The summed E-state index contributed by atoms with van der Waals surface area (Å²) in [6, 6.07) is 7.06. The van der Waals surface area contributed by atoms with E-state index in [2.05, 4.69) is 5.32 Å². The second-order valence-electron chi connectivity index (χ2n) is 5.06. The Hall–Kier alpha value is -1.60. The Morgan fingerprint density at radius 3 is 2.48 bits per heavy atom. The van der Waals surface area contributed by atoms with E-state index in [4.69, 9.17) is 4.74 Å². The summed E-state index contributed by atoms with van der Waals surface area (Å²) in [6.07, 6.45) is -0.117. The highest BCUT2D eigenvalue weighted by Crippen LogP contribution is 2.24. The van der Waals surface area contributed by atoms with Crippen molar-refractivity contribution in [1.82, 2.24) is 4.31 Å². The third kappa shape index (κ3) is 5.73. The molecule has 6 nitrogen and oxygen atoms in total. The van der Waals surface area contributed by atoms with Crippen molar-refractivity contribution >= 4 is 21.6 Å². The average molecular weight is 314 g/mol. The number of para-hydroxylation sites is 2. The maximum atomic E-state index is 11.9. The predicted molar refractivity (Wildman–Crippen MR) is 82.9 cm³/mol. The fraction of sp³-hybridized carbons (Fsp3) is 0.500. The first kappa shape index (κ1) is 17.5. The van der Waals surface area contributed by atoms with Crippen molar-refractivity contribution in [2.24, 2.45) is 0 Å². The van der Waals surface area contributed by atoms with Crippen LogP contribution in [0.4, 0.5) is 5.69 Å². The lowest BCUT2D eigenvalue weighted by Gasteiger charge is -2.15. The summed E-state index contributed by atoms with van der Waals surface area (Å²) in [5.41, 5.74) is 0.540. The fourth-order valence-electron chi connectivity index (χ4n) is 1.54. The molecular formula is C14H22N2O4S. The number of rotatable bonds is 7. The molecule has 0 aliphatic rings. The van der Waals surface area contributed by atoms with Crippen LogP contribution in [0.5, 0.6) is 5.75 Å². The predicted octanol–water partition coefficient (Wildman–Crippen LogP) is 1.69. The van der Waals surface area contributed by atoms with Crippen molar-refractivity contribution in [2.75, 3.05) is 25.2 Å². The lowest BCUT2D eigenvalue weighted by atomic mass is 10.2. The Balaban J connectivity index is 2.68. The average Bonchev–Trinajstić information content (AvgIpc) is 2.38. The van der Waals surface area contributed by atoms with E-state index in [0.717, 1.165) is 4.31 Å². The summed E-state index contributed by atoms with van der Waals surface area (Å²) in [7, 11) is -0.486. The number of benzene rings is 1. The van der Waals surface area contributed by atoms with Gasteiger partial charge in [-0.05, 0) is 26.0 Å². The summed E-state index contributed by atoms with van der Waals surface area (Å²) in [5.74, 6) is -0.0180. The highest BCUT2D eigenvalue weighted by atomic mass is 32.2. The van der Waals surface area contributed by atoms with E-state index < -0.39 is 10.0 Å². The number of amides is 1. The van der Waals surface area contributed by atoms with E-state index >= 15 is 0 Å². The Morgan fingerprint density at radius 2 is 1.90 bits per heavy atom. The van der Waals surface area contributed by atoms with Gasteiger partial charge >= 0.3 is 0 Å². The molecule has 0 fully saturated rings. The van der Waals surface area contributed by atoms with Crippen LogP contribution in [0.25, 0.3) is 0 Å². The number of nitrogens with one attached hydrogen (secondary N) is 1. The van der Waals surface area contributed by atoms with Crippen LogP contribution in [0.2, 0.25) is 0 Å². The molecule has 0 atom stereocenters. The minimum atomic E-state index is -3.37. The molecule has 1 N–H and O–H groups in total. The van der Waals surface area contributed by atoms with Gasteiger partial charge in [0.05, 0.1) is 17.5 Å². The van der Waals surface area contributed by atoms with E-state index in [0.29, 0.717) is 11.4 Å². The first-order chi connectivity index (χ1) is 9.72. The van der Waals surface area contributed by atoms with E-state index in [1.807, 2.05) is 19.9 Å². The van der Waals surface area contributed by atoms with Crippen LogP contribution in [0, 0.1) is 0 Å². The fourth-order valence-corrected chi connectivity index (χ4v) is 2.35. The number of sulfonamides is 1. The quantitative estimate of drug-likeness (QED) is 0.831. The number of anilines is 1. The van der Waals surface area contributed by atoms with Gasteiger partial charge in [0, 0.05) is 20.5 Å². The zero-order valence-corrected chi connectivity index (χ0v) is 13.6. The standard InChI is InChI=1S/C14H22N2O4S/c1-11(2)20-13-8-6-5-7-12(13)15-14(17)9-10-21(18,19)16(3)4/h5-8,11H,9-10H2,1-4H3,(H,15,17). The zero-order valence-electron chi connectivity index (χ0n) is 12.8. The van der Waals surface area contributed by atoms with Crippen LogP contribution in [0.1, 0.15) is 20.3 Å². The molecule has 0 spiro atoms. The normalized spacial score (nSPS) is 11.7. The molecule has 0 unspecified atom stereocenters. The monoisotopic (exact) mass is 314 g/mol. The Morgan fingerprint density at radius 1 is 1.29 bits per heavy atom. The molecule has 0 aliphatic carbocycles. The van der Waals surface area contributed by atoms with Crippen LogP contribution in [-0.4, -0.2) is 44.6 Å². The number of hydrogen-bond donors (Lipinski definition) is 1. The van der Waals surface area contributed by atoms with Gasteiger partial charge < -0.3 is 10.1 Å². The molecule has 1 amide bonds. The largest absolute Gasteiger partial charge is 0.489 e. The second kappa shape index (κ2) is 7.42. The third-order valence-electron chi connectivity index (χ3n) is 2.67. The second-order valence-corrected chi connectivity index (χ2v) is 7.36. The molecular weight excluding hydrogens is 292 g/mol. The molecule has 0 saturated heterocycles. The van der Waals surface area contributed by atoms with Crippen LogP contribution in [0.15, 0.2) is 24.3 Å². The van der Waals surface area contributed by atoms with Crippen molar-refractivity contribution < 1.29 is 17.9 Å². The van der Waals surface area contributed by atoms with Gasteiger partial charge in [-0.1, -0.05) is 12.1 Å². The van der Waals surface area contributed by atoms with Gasteiger partial charge in [0.1, 0.15) is 5.75 Å². The van der Waals surface area contributed by atoms with Crippen LogP contribution in [-0.2, 0) is 14.8 Å². The molecule has 7 heteroatoms. The van der Waals surface area contributed by atoms with Crippen molar-refractivity contribution in [3.8, 4) is 5.75 Å². The van der Waals surface area contributed by atoms with E-state index in [1.165, 1.54) is 14.1 Å². The number of carbonyl (C=O) groups is 1. The summed E-state index contributed by atoms with van der Waals surface area (Å²) in [5, 5.41) is 2.68. The minimum Gasteiger partial charge on any atom is -0.489 e. The summed E-state index contributed by atoms with van der Waals surface area (Å²) in [6.45, 7) is 3.78. The molecule has 0 aliphatic heterocycles. The van der Waals surface area contributed by atoms with Gasteiger partial charge in [0.25, 0.3) is 0 Å². The zero-order chi connectivity index (χ0) is 16.0. The minimum absolute atomic E-state index is 0.0165.